The molecule has 0 heterocycles. The summed E-state index contributed by atoms with van der Waals surface area (Å²) in [5.74, 6) is 1.48. The first-order valence-electron chi connectivity index (χ1n) is 4.85. The third-order valence-electron chi connectivity index (χ3n) is 2.36. The first-order chi connectivity index (χ1) is 6.11. The normalized spacial score (nSPS) is 14.1. The second-order valence-corrected chi connectivity index (χ2v) is 4.56. The molecule has 3 heteroatoms. The predicted molar refractivity (Wildman–Crippen MR) is 61.5 cm³/mol. The maximum atomic E-state index is 5.03. The van der Waals surface area contributed by atoms with Gasteiger partial charge in [0.15, 0.2) is 0 Å². The summed E-state index contributed by atoms with van der Waals surface area (Å²) in [5, 5.41) is 1.09. The molecule has 1 unspecified atom stereocenters. The standard InChI is InChI=1S/C10H22BrNO/c1-9(2)10(7-11)8-12(3)5-6-13-4/h9-10H,5-8H2,1-4H3. The summed E-state index contributed by atoms with van der Waals surface area (Å²) >= 11 is 3.56. The van der Waals surface area contributed by atoms with Crippen LogP contribution in [-0.4, -0.2) is 44.1 Å². The van der Waals surface area contributed by atoms with Crippen LogP contribution in [-0.2, 0) is 4.74 Å². The Hall–Kier alpha value is 0.400. The van der Waals surface area contributed by atoms with E-state index in [-0.39, 0.29) is 0 Å². The Bertz CT molecular complexity index is 119. The van der Waals surface area contributed by atoms with Crippen molar-refractivity contribution in [2.24, 2.45) is 11.8 Å². The zero-order chi connectivity index (χ0) is 10.3. The van der Waals surface area contributed by atoms with Crippen molar-refractivity contribution < 1.29 is 4.74 Å². The number of rotatable bonds is 7. The number of nitrogens with zero attached hydrogens (tertiary/aromatic N) is 1. The molecule has 2 nitrogen and oxygen atoms in total. The lowest BCUT2D eigenvalue weighted by Crippen LogP contribution is -2.31. The van der Waals surface area contributed by atoms with Gasteiger partial charge in [0, 0.05) is 25.5 Å². The van der Waals surface area contributed by atoms with Gasteiger partial charge < -0.3 is 9.64 Å². The summed E-state index contributed by atoms with van der Waals surface area (Å²) in [5.41, 5.74) is 0. The van der Waals surface area contributed by atoms with Crippen LogP contribution in [0.2, 0.25) is 0 Å². The van der Waals surface area contributed by atoms with E-state index < -0.39 is 0 Å². The second-order valence-electron chi connectivity index (χ2n) is 3.91. The molecule has 1 atom stereocenters. The van der Waals surface area contributed by atoms with Gasteiger partial charge in [-0.25, -0.2) is 0 Å². The number of hydrogen-bond donors (Lipinski definition) is 0. The molecule has 0 bridgehead atoms. The van der Waals surface area contributed by atoms with Crippen LogP contribution in [0.15, 0.2) is 0 Å². The van der Waals surface area contributed by atoms with Gasteiger partial charge in [-0.2, -0.15) is 0 Å². The van der Waals surface area contributed by atoms with Crippen LogP contribution in [0.25, 0.3) is 0 Å². The van der Waals surface area contributed by atoms with Gasteiger partial charge in [-0.1, -0.05) is 29.8 Å². The topological polar surface area (TPSA) is 12.5 Å². The average Bonchev–Trinajstić information content (AvgIpc) is 2.10. The van der Waals surface area contributed by atoms with Gasteiger partial charge in [-0.15, -0.1) is 0 Å². The molecule has 0 amide bonds. The molecule has 0 fully saturated rings. The van der Waals surface area contributed by atoms with Gasteiger partial charge in [0.2, 0.25) is 0 Å². The van der Waals surface area contributed by atoms with Gasteiger partial charge in [-0.05, 0) is 18.9 Å². The summed E-state index contributed by atoms with van der Waals surface area (Å²) in [6.07, 6.45) is 0. The number of ether oxygens (including phenoxy) is 1. The van der Waals surface area contributed by atoms with E-state index in [0.717, 1.165) is 36.9 Å². The predicted octanol–water partition coefficient (Wildman–Crippen LogP) is 2.23. The molecule has 0 aromatic carbocycles. The molecule has 80 valence electrons. The minimum Gasteiger partial charge on any atom is -0.383 e. The van der Waals surface area contributed by atoms with E-state index in [2.05, 4.69) is 41.7 Å². The largest absolute Gasteiger partial charge is 0.383 e. The highest BCUT2D eigenvalue weighted by Gasteiger charge is 2.13. The molecule has 0 saturated carbocycles. The fourth-order valence-electron chi connectivity index (χ4n) is 1.18. The van der Waals surface area contributed by atoms with E-state index in [0.29, 0.717) is 0 Å². The molecule has 0 aromatic rings. The van der Waals surface area contributed by atoms with E-state index >= 15 is 0 Å². The first kappa shape index (κ1) is 13.4. The average molecular weight is 252 g/mol. The maximum absolute atomic E-state index is 5.03. The van der Waals surface area contributed by atoms with Crippen LogP contribution < -0.4 is 0 Å². The first-order valence-corrected chi connectivity index (χ1v) is 5.97. The Balaban J connectivity index is 3.66. The molecule has 0 spiro atoms. The van der Waals surface area contributed by atoms with Crippen molar-refractivity contribution in [1.82, 2.24) is 4.90 Å². The van der Waals surface area contributed by atoms with E-state index in [1.807, 2.05) is 0 Å². The zero-order valence-corrected chi connectivity index (χ0v) is 10.8. The van der Waals surface area contributed by atoms with E-state index in [1.165, 1.54) is 0 Å². The van der Waals surface area contributed by atoms with Crippen LogP contribution in [0.5, 0.6) is 0 Å². The van der Waals surface area contributed by atoms with E-state index in [4.69, 9.17) is 4.74 Å². The Morgan fingerprint density at radius 1 is 1.38 bits per heavy atom. The minimum atomic E-state index is 0.738. The summed E-state index contributed by atoms with van der Waals surface area (Å²) in [4.78, 5) is 2.33. The molecule has 0 radical (unpaired) electrons. The number of methoxy groups -OCH3 is 1. The summed E-state index contributed by atoms with van der Waals surface area (Å²) in [6.45, 7) is 7.54. The Morgan fingerprint density at radius 3 is 2.38 bits per heavy atom. The van der Waals surface area contributed by atoms with Gasteiger partial charge in [0.25, 0.3) is 0 Å². The number of alkyl halides is 1. The van der Waals surface area contributed by atoms with Crippen molar-refractivity contribution in [2.45, 2.75) is 13.8 Å². The summed E-state index contributed by atoms with van der Waals surface area (Å²) in [6, 6.07) is 0. The van der Waals surface area contributed by atoms with Crippen LogP contribution in [0.4, 0.5) is 0 Å². The zero-order valence-electron chi connectivity index (χ0n) is 9.22. The molecular formula is C10H22BrNO. The van der Waals surface area contributed by atoms with Crippen LogP contribution in [0, 0.1) is 11.8 Å². The van der Waals surface area contributed by atoms with Crippen molar-refractivity contribution in [3.8, 4) is 0 Å². The van der Waals surface area contributed by atoms with Crippen molar-refractivity contribution >= 4 is 15.9 Å². The highest BCUT2D eigenvalue weighted by atomic mass is 79.9. The molecule has 0 N–H and O–H groups in total. The molecule has 0 aromatic heterocycles. The minimum absolute atomic E-state index is 0.738. The van der Waals surface area contributed by atoms with Crippen LogP contribution in [0.3, 0.4) is 0 Å². The Labute approximate surface area is 90.8 Å². The SMILES string of the molecule is COCCN(C)CC(CBr)C(C)C. The van der Waals surface area contributed by atoms with Crippen molar-refractivity contribution in [2.75, 3.05) is 39.2 Å². The summed E-state index contributed by atoms with van der Waals surface area (Å²) < 4.78 is 5.03. The lowest BCUT2D eigenvalue weighted by molar-refractivity contribution is 0.149. The highest BCUT2D eigenvalue weighted by molar-refractivity contribution is 9.09. The second kappa shape index (κ2) is 7.77. The summed E-state index contributed by atoms with van der Waals surface area (Å²) in [7, 11) is 3.90. The van der Waals surface area contributed by atoms with Gasteiger partial charge >= 0.3 is 0 Å². The smallest absolute Gasteiger partial charge is 0.0589 e. The van der Waals surface area contributed by atoms with Crippen LogP contribution >= 0.6 is 15.9 Å². The van der Waals surface area contributed by atoms with Crippen molar-refractivity contribution in [1.29, 1.82) is 0 Å². The maximum Gasteiger partial charge on any atom is 0.0589 e. The van der Waals surface area contributed by atoms with Gasteiger partial charge in [0.05, 0.1) is 6.61 Å². The third-order valence-corrected chi connectivity index (χ3v) is 3.20. The Kier molecular flexibility index (Phi) is 8.01. The molecule has 0 aliphatic rings. The fourth-order valence-corrected chi connectivity index (χ4v) is 2.13. The number of likely N-dealkylation sites (N-methyl/N-ethyl adjacent to an activating group) is 1. The van der Waals surface area contributed by atoms with E-state index in [1.54, 1.807) is 7.11 Å². The number of hydrogen-bond acceptors (Lipinski definition) is 2. The van der Waals surface area contributed by atoms with Crippen LogP contribution in [0.1, 0.15) is 13.8 Å². The lowest BCUT2D eigenvalue weighted by Gasteiger charge is -2.24. The Morgan fingerprint density at radius 2 is 2.00 bits per heavy atom. The van der Waals surface area contributed by atoms with Gasteiger partial charge in [-0.3, -0.25) is 0 Å². The molecule has 0 aliphatic carbocycles. The molecular weight excluding hydrogens is 230 g/mol. The molecule has 0 saturated heterocycles. The van der Waals surface area contributed by atoms with Crippen molar-refractivity contribution in [3.05, 3.63) is 0 Å². The fraction of sp³-hybridized carbons (Fsp3) is 1.00. The van der Waals surface area contributed by atoms with Gasteiger partial charge in [0.1, 0.15) is 0 Å². The molecule has 0 rings (SSSR count). The quantitative estimate of drug-likeness (QED) is 0.644. The highest BCUT2D eigenvalue weighted by Crippen LogP contribution is 2.14. The molecule has 13 heavy (non-hydrogen) atoms. The third kappa shape index (κ3) is 6.47. The lowest BCUT2D eigenvalue weighted by atomic mass is 9.98. The van der Waals surface area contributed by atoms with Crippen molar-refractivity contribution in [3.63, 3.8) is 0 Å². The number of halogens is 1. The van der Waals surface area contributed by atoms with E-state index in [9.17, 15) is 0 Å². The monoisotopic (exact) mass is 251 g/mol. The molecule has 0 aliphatic heterocycles.